The quantitative estimate of drug-likeness (QED) is 0.594. The maximum absolute atomic E-state index is 11.9. The fraction of sp³-hybridized carbons (Fsp3) is 0.778. The summed E-state index contributed by atoms with van der Waals surface area (Å²) >= 11 is 0. The summed E-state index contributed by atoms with van der Waals surface area (Å²) < 4.78 is 2.10. The largest absolute Gasteiger partial charge is 0.389 e. The summed E-state index contributed by atoms with van der Waals surface area (Å²) in [5, 5.41) is 20.4. The highest BCUT2D eigenvalue weighted by Crippen LogP contribution is 2.62. The molecule has 4 atom stereocenters. The van der Waals surface area contributed by atoms with Crippen molar-refractivity contribution in [3.8, 4) is 0 Å². The molecule has 2 heterocycles. The van der Waals surface area contributed by atoms with Crippen LogP contribution in [-0.4, -0.2) is 51.8 Å². The predicted octanol–water partition coefficient (Wildman–Crippen LogP) is 5.27. The maximum Gasteiger partial charge on any atom is 0.159 e. The molecule has 2 fully saturated rings. The molecule has 3 aliphatic rings. The Balaban J connectivity index is 1.47. The molecule has 33 heavy (non-hydrogen) atoms. The number of nitrogens with zero attached hydrogens (tertiary/aromatic N) is 4. The first-order chi connectivity index (χ1) is 15.4. The zero-order valence-electron chi connectivity index (χ0n) is 21.9. The number of rotatable bonds is 5. The zero-order valence-corrected chi connectivity index (χ0v) is 21.9. The Hall–Kier alpha value is -1.82. The number of amidine groups is 1. The molecule has 0 spiro atoms. The van der Waals surface area contributed by atoms with Gasteiger partial charge in [-0.25, -0.2) is 4.98 Å². The van der Waals surface area contributed by atoms with Crippen LogP contribution in [0.5, 0.6) is 0 Å². The van der Waals surface area contributed by atoms with E-state index < -0.39 is 5.60 Å². The summed E-state index contributed by atoms with van der Waals surface area (Å²) in [6.07, 6.45) is 12.0. The monoisotopic (exact) mass is 455 g/mol. The minimum Gasteiger partial charge on any atom is -0.389 e. The first kappa shape index (κ1) is 24.3. The van der Waals surface area contributed by atoms with Crippen LogP contribution in [0.4, 0.5) is 5.82 Å². The molecule has 2 saturated carbocycles. The van der Waals surface area contributed by atoms with Crippen LogP contribution in [0.25, 0.3) is 0 Å². The van der Waals surface area contributed by atoms with Crippen LogP contribution in [0.1, 0.15) is 85.3 Å². The molecule has 0 amide bonds. The summed E-state index contributed by atoms with van der Waals surface area (Å²) in [6.45, 7) is 13.1. The fourth-order valence-corrected chi connectivity index (χ4v) is 7.08. The minimum atomic E-state index is -0.529. The Morgan fingerprint density at radius 2 is 1.94 bits per heavy atom. The van der Waals surface area contributed by atoms with Gasteiger partial charge in [-0.1, -0.05) is 45.8 Å². The third kappa shape index (κ3) is 3.92. The lowest BCUT2D eigenvalue weighted by atomic mass is 9.45. The van der Waals surface area contributed by atoms with Crippen LogP contribution >= 0.6 is 0 Å². The number of imidazole rings is 1. The van der Waals surface area contributed by atoms with E-state index in [1.165, 1.54) is 12.0 Å². The van der Waals surface area contributed by atoms with Crippen LogP contribution in [0.3, 0.4) is 0 Å². The van der Waals surface area contributed by atoms with Crippen molar-refractivity contribution in [3.63, 3.8) is 0 Å². The number of aromatic nitrogens is 2. The number of hydrogen-bond acceptors (Lipinski definition) is 4. The van der Waals surface area contributed by atoms with E-state index in [1.54, 1.807) is 0 Å². The first-order valence-corrected chi connectivity index (χ1v) is 12.8. The van der Waals surface area contributed by atoms with E-state index in [0.717, 1.165) is 56.6 Å². The van der Waals surface area contributed by atoms with Gasteiger partial charge in [-0.2, -0.15) is 0 Å². The Kier molecular flexibility index (Phi) is 6.22. The second-order valence-electron chi connectivity index (χ2n) is 12.2. The van der Waals surface area contributed by atoms with E-state index in [9.17, 15) is 5.11 Å². The van der Waals surface area contributed by atoms with Gasteiger partial charge in [0, 0.05) is 20.6 Å². The molecule has 2 N–H and O–H groups in total. The Labute approximate surface area is 200 Å². The smallest absolute Gasteiger partial charge is 0.159 e. The van der Waals surface area contributed by atoms with Gasteiger partial charge >= 0.3 is 0 Å². The maximum atomic E-state index is 11.9. The molecule has 6 nitrogen and oxygen atoms in total. The van der Waals surface area contributed by atoms with Crippen LogP contribution in [-0.2, 0) is 6.54 Å². The van der Waals surface area contributed by atoms with Crippen molar-refractivity contribution in [2.75, 3.05) is 25.7 Å². The molecule has 1 aromatic heterocycles. The summed E-state index contributed by atoms with van der Waals surface area (Å²) in [5.41, 5.74) is 1.93. The van der Waals surface area contributed by atoms with Gasteiger partial charge in [0.05, 0.1) is 18.6 Å². The summed E-state index contributed by atoms with van der Waals surface area (Å²) in [4.78, 5) is 8.62. The Morgan fingerprint density at radius 1 is 1.21 bits per heavy atom. The first-order valence-electron chi connectivity index (χ1n) is 12.8. The molecule has 4 rings (SSSR count). The highest BCUT2D eigenvalue weighted by molar-refractivity contribution is 6.00. The second-order valence-corrected chi connectivity index (χ2v) is 12.2. The predicted molar refractivity (Wildman–Crippen MR) is 136 cm³/mol. The van der Waals surface area contributed by atoms with Gasteiger partial charge in [-0.15, -0.1) is 0 Å². The number of aliphatic hydroxyl groups is 1. The van der Waals surface area contributed by atoms with Gasteiger partial charge < -0.3 is 19.5 Å². The van der Waals surface area contributed by atoms with E-state index in [0.29, 0.717) is 24.3 Å². The summed E-state index contributed by atoms with van der Waals surface area (Å²) in [6, 6.07) is 0. The topological polar surface area (TPSA) is 68.4 Å². The SMILES string of the molecule is CC(=CCn1cnc2c1C(=N)N(C)CN2C)CC[C@@]1(C)[C@H](C)CC[C@]2(O)[C@@H]1CCCC2(C)C. The third-order valence-electron chi connectivity index (χ3n) is 9.83. The molecule has 6 heteroatoms. The number of hydrogen-bond donors (Lipinski definition) is 2. The van der Waals surface area contributed by atoms with Crippen LogP contribution in [0.15, 0.2) is 18.0 Å². The van der Waals surface area contributed by atoms with Crippen molar-refractivity contribution in [1.29, 1.82) is 5.41 Å². The molecular weight excluding hydrogens is 410 g/mol. The van der Waals surface area contributed by atoms with E-state index in [4.69, 9.17) is 5.41 Å². The van der Waals surface area contributed by atoms with Gasteiger partial charge in [0.2, 0.25) is 0 Å². The van der Waals surface area contributed by atoms with Crippen molar-refractivity contribution >= 4 is 11.7 Å². The molecule has 0 radical (unpaired) electrons. The van der Waals surface area contributed by atoms with Gasteiger partial charge in [-0.05, 0) is 68.1 Å². The molecule has 0 aromatic carbocycles. The van der Waals surface area contributed by atoms with E-state index in [-0.39, 0.29) is 10.8 Å². The van der Waals surface area contributed by atoms with Crippen molar-refractivity contribution in [3.05, 3.63) is 23.7 Å². The third-order valence-corrected chi connectivity index (χ3v) is 9.83. The van der Waals surface area contributed by atoms with Gasteiger partial charge in [-0.3, -0.25) is 5.41 Å². The number of anilines is 1. The average molecular weight is 456 g/mol. The lowest BCUT2D eigenvalue weighted by Gasteiger charge is -2.62. The Bertz CT molecular complexity index is 933. The number of fused-ring (bicyclic) bond motifs is 2. The molecular formula is C27H45N5O. The molecule has 0 bridgehead atoms. The van der Waals surface area contributed by atoms with Gasteiger partial charge in [0.15, 0.2) is 5.82 Å². The standard InChI is InChI=1S/C27H45N5O/c1-19(12-16-32-17-29-24-22(32)23(28)30(6)18-31(24)7)10-14-26(5)20(2)11-15-27(33)21(26)9-8-13-25(27,3)4/h12,17,20-21,28,33H,8-11,13-16,18H2,1-7H3/t20-,21-,26+,27+/m1/s1. The lowest BCUT2D eigenvalue weighted by molar-refractivity contribution is -0.212. The number of allylic oxidation sites excluding steroid dienone is 2. The van der Waals surface area contributed by atoms with E-state index >= 15 is 0 Å². The summed E-state index contributed by atoms with van der Waals surface area (Å²) in [5.74, 6) is 2.45. The molecule has 0 unspecified atom stereocenters. The molecule has 2 aliphatic carbocycles. The van der Waals surface area contributed by atoms with Crippen molar-refractivity contribution in [2.45, 2.75) is 91.7 Å². The fourth-order valence-electron chi connectivity index (χ4n) is 7.08. The van der Waals surface area contributed by atoms with Crippen molar-refractivity contribution in [2.24, 2.45) is 22.7 Å². The van der Waals surface area contributed by atoms with Crippen LogP contribution in [0.2, 0.25) is 0 Å². The molecule has 1 aliphatic heterocycles. The minimum absolute atomic E-state index is 0.00744. The average Bonchev–Trinajstić information content (AvgIpc) is 3.18. The molecule has 1 aromatic rings. The van der Waals surface area contributed by atoms with E-state index in [1.807, 2.05) is 25.3 Å². The van der Waals surface area contributed by atoms with Crippen molar-refractivity contribution in [1.82, 2.24) is 14.5 Å². The Morgan fingerprint density at radius 3 is 2.67 bits per heavy atom. The van der Waals surface area contributed by atoms with Crippen LogP contribution < -0.4 is 4.90 Å². The van der Waals surface area contributed by atoms with Gasteiger partial charge in [0.1, 0.15) is 11.5 Å². The zero-order chi connectivity index (χ0) is 24.2. The van der Waals surface area contributed by atoms with Crippen molar-refractivity contribution < 1.29 is 5.11 Å². The normalized spacial score (nSPS) is 34.3. The molecule has 184 valence electrons. The highest BCUT2D eigenvalue weighted by Gasteiger charge is 2.60. The summed E-state index contributed by atoms with van der Waals surface area (Å²) in [7, 11) is 3.99. The van der Waals surface area contributed by atoms with Gasteiger partial charge in [0.25, 0.3) is 0 Å². The second kappa shape index (κ2) is 8.44. The molecule has 0 saturated heterocycles. The highest BCUT2D eigenvalue weighted by atomic mass is 16.3. The van der Waals surface area contributed by atoms with E-state index in [2.05, 4.69) is 55.1 Å². The lowest BCUT2D eigenvalue weighted by Crippen LogP contribution is -2.62. The number of nitrogens with one attached hydrogen (secondary N) is 1. The van der Waals surface area contributed by atoms with Crippen LogP contribution in [0, 0.1) is 28.1 Å².